The Morgan fingerprint density at radius 3 is 2.31 bits per heavy atom. The lowest BCUT2D eigenvalue weighted by atomic mass is 10.0. The van der Waals surface area contributed by atoms with Gasteiger partial charge in [0.2, 0.25) is 5.95 Å². The highest BCUT2D eigenvalue weighted by atomic mass is 19.1. The Morgan fingerprint density at radius 2 is 1.65 bits per heavy atom. The Morgan fingerprint density at radius 1 is 1.00 bits per heavy atom. The van der Waals surface area contributed by atoms with Gasteiger partial charge in [-0.2, -0.15) is 0 Å². The molecule has 0 atom stereocenters. The minimum Gasteiger partial charge on any atom is -0.324 e. The average Bonchev–Trinajstić information content (AvgIpc) is 2.64. The van der Waals surface area contributed by atoms with Gasteiger partial charge in [-0.15, -0.1) is 0 Å². The SMILES string of the molecule is CC(C)c1ccccc1Nc1ncc(C(=O)Nc2ccc(F)cc2)cn1. The highest BCUT2D eigenvalue weighted by Gasteiger charge is 2.10. The molecule has 0 saturated carbocycles. The van der Waals surface area contributed by atoms with E-state index in [-0.39, 0.29) is 11.7 Å². The lowest BCUT2D eigenvalue weighted by Crippen LogP contribution is -2.13. The maximum Gasteiger partial charge on any atom is 0.258 e. The predicted octanol–water partition coefficient (Wildman–Crippen LogP) is 4.74. The van der Waals surface area contributed by atoms with Crippen LogP contribution in [0.5, 0.6) is 0 Å². The van der Waals surface area contributed by atoms with E-state index < -0.39 is 0 Å². The van der Waals surface area contributed by atoms with E-state index in [0.717, 1.165) is 11.3 Å². The molecule has 0 aliphatic rings. The molecule has 0 saturated heterocycles. The second-order valence-electron chi connectivity index (χ2n) is 6.12. The summed E-state index contributed by atoms with van der Waals surface area (Å²) in [5.74, 6) is 0.0602. The molecular weight excluding hydrogens is 331 g/mol. The molecule has 5 nitrogen and oxygen atoms in total. The van der Waals surface area contributed by atoms with Crippen molar-refractivity contribution in [1.29, 1.82) is 0 Å². The molecule has 1 heterocycles. The minimum absolute atomic E-state index is 0.317. The smallest absolute Gasteiger partial charge is 0.258 e. The molecule has 0 radical (unpaired) electrons. The second-order valence-corrected chi connectivity index (χ2v) is 6.12. The molecule has 0 bridgehead atoms. The first-order valence-electron chi connectivity index (χ1n) is 8.28. The molecule has 6 heteroatoms. The number of hydrogen-bond acceptors (Lipinski definition) is 4. The van der Waals surface area contributed by atoms with Gasteiger partial charge in [0.05, 0.1) is 5.56 Å². The summed E-state index contributed by atoms with van der Waals surface area (Å²) in [6.45, 7) is 4.23. The van der Waals surface area contributed by atoms with Gasteiger partial charge in [-0.05, 0) is 41.8 Å². The van der Waals surface area contributed by atoms with E-state index in [1.807, 2.05) is 18.2 Å². The van der Waals surface area contributed by atoms with Crippen LogP contribution in [0.15, 0.2) is 60.9 Å². The van der Waals surface area contributed by atoms with Gasteiger partial charge in [-0.25, -0.2) is 14.4 Å². The number of rotatable bonds is 5. The summed E-state index contributed by atoms with van der Waals surface area (Å²) in [6, 6.07) is 13.5. The van der Waals surface area contributed by atoms with E-state index >= 15 is 0 Å². The van der Waals surface area contributed by atoms with E-state index in [9.17, 15) is 9.18 Å². The molecule has 3 aromatic rings. The van der Waals surface area contributed by atoms with Crippen molar-refractivity contribution >= 4 is 23.2 Å². The van der Waals surface area contributed by atoms with Crippen LogP contribution in [0.3, 0.4) is 0 Å². The lowest BCUT2D eigenvalue weighted by molar-refractivity contribution is 0.102. The number of carbonyl (C=O) groups excluding carboxylic acids is 1. The zero-order valence-corrected chi connectivity index (χ0v) is 14.5. The number of carbonyl (C=O) groups is 1. The maximum atomic E-state index is 12.9. The van der Waals surface area contributed by atoms with Crippen LogP contribution in [0, 0.1) is 5.82 Å². The van der Waals surface area contributed by atoms with Crippen molar-refractivity contribution in [3.05, 3.63) is 77.9 Å². The minimum atomic E-state index is -0.358. The van der Waals surface area contributed by atoms with Crippen LogP contribution in [-0.4, -0.2) is 15.9 Å². The summed E-state index contributed by atoms with van der Waals surface area (Å²) in [6.07, 6.45) is 2.90. The van der Waals surface area contributed by atoms with Crippen LogP contribution in [0.25, 0.3) is 0 Å². The van der Waals surface area contributed by atoms with E-state index in [1.54, 1.807) is 0 Å². The van der Waals surface area contributed by atoms with E-state index in [0.29, 0.717) is 23.1 Å². The maximum absolute atomic E-state index is 12.9. The standard InChI is InChI=1S/C20H19FN4O/c1-13(2)17-5-3-4-6-18(17)25-20-22-11-14(12-23-20)19(26)24-16-9-7-15(21)8-10-16/h3-13H,1-2H3,(H,24,26)(H,22,23,25). The first-order valence-corrected chi connectivity index (χ1v) is 8.28. The third-order valence-electron chi connectivity index (χ3n) is 3.85. The predicted molar refractivity (Wildman–Crippen MR) is 100 cm³/mol. The molecule has 0 spiro atoms. The summed E-state index contributed by atoms with van der Waals surface area (Å²) >= 11 is 0. The van der Waals surface area contributed by atoms with Crippen LogP contribution in [0.4, 0.5) is 21.7 Å². The van der Waals surface area contributed by atoms with Gasteiger partial charge >= 0.3 is 0 Å². The second kappa shape index (κ2) is 7.74. The normalized spacial score (nSPS) is 10.6. The topological polar surface area (TPSA) is 66.9 Å². The molecule has 0 aliphatic heterocycles. The van der Waals surface area contributed by atoms with Gasteiger partial charge in [0.1, 0.15) is 5.82 Å². The van der Waals surface area contributed by atoms with Crippen LogP contribution in [0.2, 0.25) is 0 Å². The third kappa shape index (κ3) is 4.22. The van der Waals surface area contributed by atoms with E-state index in [4.69, 9.17) is 0 Å². The Labute approximate surface area is 151 Å². The van der Waals surface area contributed by atoms with E-state index in [2.05, 4.69) is 40.5 Å². The molecule has 2 aromatic carbocycles. The summed E-state index contributed by atoms with van der Waals surface area (Å²) in [5.41, 5.74) is 2.92. The van der Waals surface area contributed by atoms with Crippen molar-refractivity contribution in [3.63, 3.8) is 0 Å². The van der Waals surface area contributed by atoms with Crippen molar-refractivity contribution in [2.45, 2.75) is 19.8 Å². The molecule has 0 aliphatic carbocycles. The molecule has 26 heavy (non-hydrogen) atoms. The average molecular weight is 350 g/mol. The van der Waals surface area contributed by atoms with Crippen molar-refractivity contribution < 1.29 is 9.18 Å². The van der Waals surface area contributed by atoms with Gasteiger partial charge in [-0.1, -0.05) is 32.0 Å². The molecule has 1 amide bonds. The van der Waals surface area contributed by atoms with Crippen LogP contribution in [0.1, 0.15) is 35.7 Å². The Kier molecular flexibility index (Phi) is 5.22. The number of nitrogens with zero attached hydrogens (tertiary/aromatic N) is 2. The van der Waals surface area contributed by atoms with E-state index in [1.165, 1.54) is 36.7 Å². The lowest BCUT2D eigenvalue weighted by Gasteiger charge is -2.13. The molecule has 0 unspecified atom stereocenters. The molecule has 1 aromatic heterocycles. The Balaban J connectivity index is 1.70. The summed E-state index contributed by atoms with van der Waals surface area (Å²) < 4.78 is 12.9. The number of nitrogens with one attached hydrogen (secondary N) is 2. The highest BCUT2D eigenvalue weighted by Crippen LogP contribution is 2.25. The zero-order valence-electron chi connectivity index (χ0n) is 14.5. The molecule has 2 N–H and O–H groups in total. The Bertz CT molecular complexity index is 892. The highest BCUT2D eigenvalue weighted by molar-refractivity contribution is 6.03. The third-order valence-corrected chi connectivity index (χ3v) is 3.85. The fraction of sp³-hybridized carbons (Fsp3) is 0.150. The summed E-state index contributed by atoms with van der Waals surface area (Å²) in [5, 5.41) is 5.85. The number of amides is 1. The number of aromatic nitrogens is 2. The largest absolute Gasteiger partial charge is 0.324 e. The molecule has 132 valence electrons. The van der Waals surface area contributed by atoms with Gasteiger partial charge < -0.3 is 10.6 Å². The van der Waals surface area contributed by atoms with Gasteiger partial charge in [0, 0.05) is 23.8 Å². The fourth-order valence-electron chi connectivity index (χ4n) is 2.48. The number of para-hydroxylation sites is 1. The number of hydrogen-bond donors (Lipinski definition) is 2. The monoisotopic (exact) mass is 350 g/mol. The quantitative estimate of drug-likeness (QED) is 0.698. The van der Waals surface area contributed by atoms with Crippen molar-refractivity contribution in [2.75, 3.05) is 10.6 Å². The molecule has 0 fully saturated rings. The van der Waals surface area contributed by atoms with Crippen LogP contribution >= 0.6 is 0 Å². The van der Waals surface area contributed by atoms with Crippen molar-refractivity contribution in [1.82, 2.24) is 9.97 Å². The van der Waals surface area contributed by atoms with Crippen molar-refractivity contribution in [3.8, 4) is 0 Å². The first-order chi connectivity index (χ1) is 12.5. The number of benzene rings is 2. The first kappa shape index (κ1) is 17.5. The number of anilines is 3. The fourth-order valence-corrected chi connectivity index (χ4v) is 2.48. The van der Waals surface area contributed by atoms with Crippen LogP contribution in [-0.2, 0) is 0 Å². The Hall–Kier alpha value is -3.28. The van der Waals surface area contributed by atoms with Crippen molar-refractivity contribution in [2.24, 2.45) is 0 Å². The molecular formula is C20H19FN4O. The van der Waals surface area contributed by atoms with Gasteiger partial charge in [0.25, 0.3) is 5.91 Å². The molecule has 3 rings (SSSR count). The van der Waals surface area contributed by atoms with Gasteiger partial charge in [-0.3, -0.25) is 4.79 Å². The number of halogens is 1. The van der Waals surface area contributed by atoms with Crippen LogP contribution < -0.4 is 10.6 Å². The summed E-state index contributed by atoms with van der Waals surface area (Å²) in [7, 11) is 0. The van der Waals surface area contributed by atoms with Gasteiger partial charge in [0.15, 0.2) is 0 Å². The zero-order chi connectivity index (χ0) is 18.5. The summed E-state index contributed by atoms with van der Waals surface area (Å²) in [4.78, 5) is 20.6.